The number of furan rings is 1. The Hall–Kier alpha value is -5.74. The number of nitrogens with zero attached hydrogens (tertiary/aromatic N) is 1. The third kappa shape index (κ3) is 6.11. The second kappa shape index (κ2) is 13.1. The van der Waals surface area contributed by atoms with Crippen molar-refractivity contribution >= 4 is 39.0 Å². The number of hydrogen-bond donors (Lipinski definition) is 0. The van der Waals surface area contributed by atoms with Gasteiger partial charge in [-0.25, -0.2) is 0 Å². The summed E-state index contributed by atoms with van der Waals surface area (Å²) in [5.41, 5.74) is 13.1. The third-order valence-electron chi connectivity index (χ3n) is 8.67. The van der Waals surface area contributed by atoms with Crippen molar-refractivity contribution < 1.29 is 4.42 Å². The molecule has 1 atom stereocenters. The highest BCUT2D eigenvalue weighted by molar-refractivity contribution is 6.13. The zero-order valence-electron chi connectivity index (χ0n) is 25.9. The number of anilines is 3. The second-order valence-electron chi connectivity index (χ2n) is 11.8. The summed E-state index contributed by atoms with van der Waals surface area (Å²) in [6.07, 6.45) is 19.5. The fraction of sp³-hybridized carbons (Fsp3) is 0.114. The lowest BCUT2D eigenvalue weighted by Gasteiger charge is -2.28. The molecule has 0 aliphatic heterocycles. The summed E-state index contributed by atoms with van der Waals surface area (Å²) < 4.78 is 6.36. The van der Waals surface area contributed by atoms with Crippen LogP contribution in [0, 0.1) is 18.3 Å². The molecule has 6 aromatic rings. The number of allylic oxidation sites excluding steroid dienone is 5. The number of benzene rings is 5. The maximum absolute atomic E-state index is 6.36. The summed E-state index contributed by atoms with van der Waals surface area (Å²) >= 11 is 0. The van der Waals surface area contributed by atoms with Crippen LogP contribution in [0.4, 0.5) is 17.1 Å². The first-order valence-corrected chi connectivity index (χ1v) is 15.9. The van der Waals surface area contributed by atoms with Crippen LogP contribution in [0.3, 0.4) is 0 Å². The van der Waals surface area contributed by atoms with Crippen LogP contribution in [0.2, 0.25) is 0 Å². The predicted octanol–water partition coefficient (Wildman–Crippen LogP) is 11.8. The molecule has 0 spiro atoms. The van der Waals surface area contributed by atoms with Gasteiger partial charge in [0.15, 0.2) is 0 Å². The van der Waals surface area contributed by atoms with E-state index in [2.05, 4.69) is 145 Å². The Morgan fingerprint density at radius 1 is 0.804 bits per heavy atom. The molecule has 0 N–H and O–H groups in total. The SMILES string of the molecule is C#CC=C=C/C=C\Cc1ccc(N(c2cccc(-c3ccccc3)c2)c2cccc3oc4ccccc4c23)cc1C(C)CC1C=C1. The number of para-hydroxylation sites is 1. The molecule has 1 aliphatic carbocycles. The molecule has 1 heterocycles. The summed E-state index contributed by atoms with van der Waals surface area (Å²) in [6.45, 7) is 2.35. The van der Waals surface area contributed by atoms with Crippen molar-refractivity contribution in [2.75, 3.05) is 4.90 Å². The van der Waals surface area contributed by atoms with Crippen LogP contribution in [-0.2, 0) is 6.42 Å². The number of fused-ring (bicyclic) bond motifs is 3. The van der Waals surface area contributed by atoms with Crippen molar-refractivity contribution in [1.82, 2.24) is 0 Å². The molecular formula is C44H35NO. The fourth-order valence-electron chi connectivity index (χ4n) is 6.38. The Labute approximate surface area is 271 Å². The van der Waals surface area contributed by atoms with Gasteiger partial charge in [0, 0.05) is 22.8 Å². The molecule has 0 radical (unpaired) electrons. The molecule has 1 unspecified atom stereocenters. The van der Waals surface area contributed by atoms with Gasteiger partial charge in [0.25, 0.3) is 0 Å². The Kier molecular flexibility index (Phi) is 8.25. The highest BCUT2D eigenvalue weighted by atomic mass is 16.3. The summed E-state index contributed by atoms with van der Waals surface area (Å²) in [6, 6.07) is 41.1. The lowest BCUT2D eigenvalue weighted by Crippen LogP contribution is -2.12. The molecule has 1 aliphatic rings. The van der Waals surface area contributed by atoms with Crippen LogP contribution in [0.1, 0.15) is 30.4 Å². The summed E-state index contributed by atoms with van der Waals surface area (Å²) in [7, 11) is 0. The van der Waals surface area contributed by atoms with Crippen LogP contribution in [0.5, 0.6) is 0 Å². The molecule has 0 saturated heterocycles. The van der Waals surface area contributed by atoms with E-state index in [0.717, 1.165) is 51.8 Å². The van der Waals surface area contributed by atoms with Crippen molar-refractivity contribution in [2.45, 2.75) is 25.7 Å². The molecule has 0 bridgehead atoms. The zero-order valence-corrected chi connectivity index (χ0v) is 25.9. The first-order chi connectivity index (χ1) is 22.7. The standard InChI is InChI=1S/C44H35NO/c1-3-4-5-6-7-9-18-35-27-28-38(31-40(35)32(2)29-33-25-26-33)45(37-20-14-19-36(30-37)34-16-10-8-11-17-34)41-22-15-24-43-44(41)39-21-12-13-23-42(39)46-43/h1,4,6-17,19-28,30-33H,18,29H2,2H3/b9-7-. The van der Waals surface area contributed by atoms with Gasteiger partial charge in [-0.2, -0.15) is 0 Å². The minimum Gasteiger partial charge on any atom is -0.456 e. The van der Waals surface area contributed by atoms with Gasteiger partial charge in [-0.3, -0.25) is 0 Å². The zero-order chi connectivity index (χ0) is 31.3. The predicted molar refractivity (Wildman–Crippen MR) is 194 cm³/mol. The molecule has 222 valence electrons. The number of hydrogen-bond acceptors (Lipinski definition) is 2. The smallest absolute Gasteiger partial charge is 0.137 e. The van der Waals surface area contributed by atoms with Crippen LogP contribution in [0.25, 0.3) is 33.1 Å². The molecule has 1 aromatic heterocycles. The second-order valence-corrected chi connectivity index (χ2v) is 11.8. The van der Waals surface area contributed by atoms with Gasteiger partial charge in [0.1, 0.15) is 11.2 Å². The highest BCUT2D eigenvalue weighted by Crippen LogP contribution is 2.45. The van der Waals surface area contributed by atoms with Gasteiger partial charge >= 0.3 is 0 Å². The van der Waals surface area contributed by atoms with E-state index in [0.29, 0.717) is 11.8 Å². The van der Waals surface area contributed by atoms with Gasteiger partial charge in [-0.15, -0.1) is 12.2 Å². The Bertz CT molecular complexity index is 2180. The topological polar surface area (TPSA) is 16.4 Å². The average molecular weight is 594 g/mol. The normalized spacial score (nSPS) is 13.0. The van der Waals surface area contributed by atoms with Crippen LogP contribution >= 0.6 is 0 Å². The maximum atomic E-state index is 6.36. The summed E-state index contributed by atoms with van der Waals surface area (Å²) in [4.78, 5) is 2.40. The average Bonchev–Trinajstić information content (AvgIpc) is 3.83. The van der Waals surface area contributed by atoms with Gasteiger partial charge in [-0.05, 0) is 95.5 Å². The van der Waals surface area contributed by atoms with Gasteiger partial charge in [0.05, 0.1) is 11.1 Å². The Morgan fingerprint density at radius 2 is 1.57 bits per heavy atom. The molecule has 2 nitrogen and oxygen atoms in total. The lowest BCUT2D eigenvalue weighted by atomic mass is 9.89. The van der Waals surface area contributed by atoms with E-state index in [4.69, 9.17) is 10.8 Å². The van der Waals surface area contributed by atoms with Crippen LogP contribution in [0.15, 0.2) is 162 Å². The van der Waals surface area contributed by atoms with Crippen LogP contribution < -0.4 is 4.90 Å². The van der Waals surface area contributed by atoms with E-state index >= 15 is 0 Å². The van der Waals surface area contributed by atoms with E-state index in [1.54, 1.807) is 6.08 Å². The molecule has 0 fully saturated rings. The van der Waals surface area contributed by atoms with Crippen LogP contribution in [-0.4, -0.2) is 0 Å². The Morgan fingerprint density at radius 3 is 2.41 bits per heavy atom. The third-order valence-corrected chi connectivity index (χ3v) is 8.67. The molecule has 46 heavy (non-hydrogen) atoms. The fourth-order valence-corrected chi connectivity index (χ4v) is 6.38. The van der Waals surface area contributed by atoms with Gasteiger partial charge in [0.2, 0.25) is 0 Å². The maximum Gasteiger partial charge on any atom is 0.137 e. The summed E-state index contributed by atoms with van der Waals surface area (Å²) in [5, 5.41) is 2.22. The van der Waals surface area contributed by atoms with E-state index in [1.165, 1.54) is 22.3 Å². The van der Waals surface area contributed by atoms with E-state index in [1.807, 2.05) is 24.3 Å². The quantitative estimate of drug-likeness (QED) is 0.0680. The first kappa shape index (κ1) is 29.0. The van der Waals surface area contributed by atoms with Gasteiger partial charge < -0.3 is 9.32 Å². The summed E-state index contributed by atoms with van der Waals surface area (Å²) in [5.74, 6) is 3.46. The first-order valence-electron chi connectivity index (χ1n) is 15.9. The molecule has 5 aromatic carbocycles. The largest absolute Gasteiger partial charge is 0.456 e. The minimum atomic E-state index is 0.392. The van der Waals surface area contributed by atoms with Crippen molar-refractivity contribution in [3.05, 3.63) is 169 Å². The van der Waals surface area contributed by atoms with E-state index in [-0.39, 0.29) is 0 Å². The number of terminal acetylenes is 1. The minimum absolute atomic E-state index is 0.392. The lowest BCUT2D eigenvalue weighted by molar-refractivity contribution is 0.644. The monoisotopic (exact) mass is 593 g/mol. The van der Waals surface area contributed by atoms with E-state index in [9.17, 15) is 0 Å². The molecule has 0 saturated carbocycles. The van der Waals surface area contributed by atoms with Crippen molar-refractivity contribution in [1.29, 1.82) is 0 Å². The Balaban J connectivity index is 1.40. The van der Waals surface area contributed by atoms with E-state index < -0.39 is 0 Å². The van der Waals surface area contributed by atoms with Crippen molar-refractivity contribution in [2.24, 2.45) is 5.92 Å². The van der Waals surface area contributed by atoms with Gasteiger partial charge in [-0.1, -0.05) is 110 Å². The molecular weight excluding hydrogens is 558 g/mol. The van der Waals surface area contributed by atoms with Crippen molar-refractivity contribution in [3.8, 4) is 23.5 Å². The van der Waals surface area contributed by atoms with Crippen molar-refractivity contribution in [3.63, 3.8) is 0 Å². The molecule has 7 rings (SSSR count). The number of rotatable bonds is 10. The highest BCUT2D eigenvalue weighted by Gasteiger charge is 2.23. The molecule has 0 amide bonds. The molecule has 2 heteroatoms.